The van der Waals surface area contributed by atoms with E-state index >= 15 is 0 Å². The molecule has 1 rings (SSSR count). The minimum atomic E-state index is -1.10. The lowest BCUT2D eigenvalue weighted by Gasteiger charge is -2.37. The summed E-state index contributed by atoms with van der Waals surface area (Å²) in [5.74, 6) is -0.798. The van der Waals surface area contributed by atoms with Crippen molar-refractivity contribution >= 4 is 17.3 Å². The van der Waals surface area contributed by atoms with Gasteiger partial charge in [0, 0.05) is 0 Å². The Bertz CT molecular complexity index is 407. The van der Waals surface area contributed by atoms with Gasteiger partial charge in [0.25, 0.3) is 0 Å². The van der Waals surface area contributed by atoms with Gasteiger partial charge in [-0.1, -0.05) is 26.3 Å². The van der Waals surface area contributed by atoms with Crippen molar-refractivity contribution in [3.8, 4) is 0 Å². The van der Waals surface area contributed by atoms with E-state index in [1.165, 1.54) is 0 Å². The first kappa shape index (κ1) is 14.8. The van der Waals surface area contributed by atoms with Crippen molar-refractivity contribution in [2.24, 2.45) is 16.7 Å². The third-order valence-electron chi connectivity index (χ3n) is 3.86. The molecule has 1 saturated carbocycles. The first-order valence-corrected chi connectivity index (χ1v) is 6.43. The molecular formula is C15H22O3. The van der Waals surface area contributed by atoms with Crippen LogP contribution in [0, 0.1) is 16.7 Å². The van der Waals surface area contributed by atoms with Crippen molar-refractivity contribution in [1.29, 1.82) is 0 Å². The minimum absolute atomic E-state index is 0.160. The maximum Gasteiger partial charge on any atom is 0.179 e. The van der Waals surface area contributed by atoms with Crippen LogP contribution in [0.3, 0.4) is 0 Å². The smallest absolute Gasteiger partial charge is 0.179 e. The highest BCUT2D eigenvalue weighted by Gasteiger charge is 2.55. The highest BCUT2D eigenvalue weighted by atomic mass is 16.2. The lowest BCUT2D eigenvalue weighted by atomic mass is 9.60. The van der Waals surface area contributed by atoms with Gasteiger partial charge in [-0.3, -0.25) is 14.4 Å². The van der Waals surface area contributed by atoms with Crippen molar-refractivity contribution in [2.45, 2.75) is 48.0 Å². The van der Waals surface area contributed by atoms with Gasteiger partial charge in [-0.25, -0.2) is 0 Å². The van der Waals surface area contributed by atoms with Crippen molar-refractivity contribution < 1.29 is 14.4 Å². The van der Waals surface area contributed by atoms with Gasteiger partial charge in [0.05, 0.1) is 16.4 Å². The summed E-state index contributed by atoms with van der Waals surface area (Å²) >= 11 is 0. The summed E-state index contributed by atoms with van der Waals surface area (Å²) < 4.78 is 0. The maximum atomic E-state index is 12.3. The topological polar surface area (TPSA) is 51.2 Å². The Morgan fingerprint density at radius 2 is 1.39 bits per heavy atom. The molecule has 1 atom stereocenters. The number of rotatable bonds is 2. The molecule has 0 aromatic carbocycles. The molecule has 100 valence electrons. The summed E-state index contributed by atoms with van der Waals surface area (Å²) in [7, 11) is 0. The van der Waals surface area contributed by atoms with Gasteiger partial charge in [0.1, 0.15) is 0 Å². The summed E-state index contributed by atoms with van der Waals surface area (Å²) in [6, 6.07) is 0. The number of hydrogen-bond acceptors (Lipinski definition) is 3. The predicted molar refractivity (Wildman–Crippen MR) is 70.1 cm³/mol. The second kappa shape index (κ2) is 4.45. The van der Waals surface area contributed by atoms with Crippen molar-refractivity contribution in [2.75, 3.05) is 0 Å². The Kier molecular flexibility index (Phi) is 3.66. The van der Waals surface area contributed by atoms with Gasteiger partial charge in [-0.15, -0.1) is 0 Å². The van der Waals surface area contributed by atoms with Gasteiger partial charge >= 0.3 is 0 Å². The van der Waals surface area contributed by atoms with E-state index in [1.807, 2.05) is 13.8 Å². The van der Waals surface area contributed by atoms with Gasteiger partial charge in [-0.05, 0) is 33.6 Å². The molecule has 1 aliphatic rings. The van der Waals surface area contributed by atoms with Crippen LogP contribution in [0.25, 0.3) is 0 Å². The zero-order valence-corrected chi connectivity index (χ0v) is 12.1. The second-order valence-corrected chi connectivity index (χ2v) is 6.20. The average molecular weight is 250 g/mol. The van der Waals surface area contributed by atoms with Crippen LogP contribution in [0.2, 0.25) is 0 Å². The molecule has 1 aliphatic carbocycles. The molecular weight excluding hydrogens is 228 g/mol. The predicted octanol–water partition coefficient (Wildman–Crippen LogP) is 2.73. The van der Waals surface area contributed by atoms with E-state index in [9.17, 15) is 14.4 Å². The standard InChI is InChI=1S/C15H22O3/c1-7-9(2)8-10-11(16)14(3,4)13(18)15(5,6)12(10)17/h8-9H,7H2,1-6H3. The van der Waals surface area contributed by atoms with E-state index in [2.05, 4.69) is 0 Å². The lowest BCUT2D eigenvalue weighted by Crippen LogP contribution is -2.53. The SMILES string of the molecule is CCC(C)C=C1C(=O)C(C)(C)C(=O)C(C)(C)C1=O. The number of hydrogen-bond donors (Lipinski definition) is 0. The third-order valence-corrected chi connectivity index (χ3v) is 3.86. The first-order valence-electron chi connectivity index (χ1n) is 6.43. The quantitative estimate of drug-likeness (QED) is 0.430. The molecule has 3 heteroatoms. The van der Waals surface area contributed by atoms with E-state index in [-0.39, 0.29) is 28.8 Å². The fourth-order valence-electron chi connectivity index (χ4n) is 2.32. The number of carbonyl (C=O) groups excluding carboxylic acids is 3. The lowest BCUT2D eigenvalue weighted by molar-refractivity contribution is -0.151. The van der Waals surface area contributed by atoms with Gasteiger partial charge < -0.3 is 0 Å². The number of Topliss-reactive ketones (excluding diaryl/α,β-unsaturated/α-hetero) is 3. The monoisotopic (exact) mass is 250 g/mol. The fourth-order valence-corrected chi connectivity index (χ4v) is 2.32. The summed E-state index contributed by atoms with van der Waals surface area (Å²) in [5.41, 5.74) is -1.99. The zero-order valence-electron chi connectivity index (χ0n) is 12.1. The van der Waals surface area contributed by atoms with Crippen LogP contribution in [0.4, 0.5) is 0 Å². The van der Waals surface area contributed by atoms with E-state index in [0.29, 0.717) is 0 Å². The van der Waals surface area contributed by atoms with Gasteiger partial charge in [-0.2, -0.15) is 0 Å². The molecule has 0 aromatic rings. The molecule has 1 unspecified atom stereocenters. The number of ketones is 3. The molecule has 0 N–H and O–H groups in total. The Labute approximate surface area is 109 Å². The van der Waals surface area contributed by atoms with Crippen LogP contribution in [-0.2, 0) is 14.4 Å². The first-order chi connectivity index (χ1) is 8.06. The highest BCUT2D eigenvalue weighted by molar-refractivity contribution is 6.38. The minimum Gasteiger partial charge on any atom is -0.297 e. The molecule has 3 nitrogen and oxygen atoms in total. The molecule has 0 saturated heterocycles. The molecule has 18 heavy (non-hydrogen) atoms. The van der Waals surface area contributed by atoms with E-state index in [1.54, 1.807) is 33.8 Å². The van der Waals surface area contributed by atoms with Crippen molar-refractivity contribution in [1.82, 2.24) is 0 Å². The highest BCUT2D eigenvalue weighted by Crippen LogP contribution is 2.40. The van der Waals surface area contributed by atoms with Crippen LogP contribution in [0.1, 0.15) is 48.0 Å². The van der Waals surface area contributed by atoms with Crippen LogP contribution >= 0.6 is 0 Å². The third kappa shape index (κ3) is 2.06. The molecule has 0 radical (unpaired) electrons. The Morgan fingerprint density at radius 3 is 1.72 bits per heavy atom. The summed E-state index contributed by atoms with van der Waals surface area (Å²) in [6.07, 6.45) is 2.58. The van der Waals surface area contributed by atoms with Gasteiger partial charge in [0.2, 0.25) is 0 Å². The van der Waals surface area contributed by atoms with Crippen molar-refractivity contribution in [3.05, 3.63) is 11.6 Å². The largest absolute Gasteiger partial charge is 0.297 e. The Balaban J connectivity index is 3.37. The number of carbonyl (C=O) groups is 3. The van der Waals surface area contributed by atoms with Crippen LogP contribution in [0.5, 0.6) is 0 Å². The van der Waals surface area contributed by atoms with Crippen LogP contribution in [0.15, 0.2) is 11.6 Å². The summed E-state index contributed by atoms with van der Waals surface area (Å²) in [6.45, 7) is 10.4. The molecule has 1 fully saturated rings. The van der Waals surface area contributed by atoms with Gasteiger partial charge in [0.15, 0.2) is 17.3 Å². The van der Waals surface area contributed by atoms with E-state index < -0.39 is 10.8 Å². The summed E-state index contributed by atoms with van der Waals surface area (Å²) in [5, 5.41) is 0. The normalized spacial score (nSPS) is 24.1. The summed E-state index contributed by atoms with van der Waals surface area (Å²) in [4.78, 5) is 36.8. The molecule has 0 aliphatic heterocycles. The van der Waals surface area contributed by atoms with E-state index in [0.717, 1.165) is 6.42 Å². The fraction of sp³-hybridized carbons (Fsp3) is 0.667. The van der Waals surface area contributed by atoms with Crippen molar-refractivity contribution in [3.63, 3.8) is 0 Å². The van der Waals surface area contributed by atoms with E-state index in [4.69, 9.17) is 0 Å². The average Bonchev–Trinajstić information content (AvgIpc) is 2.31. The molecule has 0 heterocycles. The molecule has 0 amide bonds. The van der Waals surface area contributed by atoms with Crippen LogP contribution < -0.4 is 0 Å². The molecule has 0 bridgehead atoms. The van der Waals surface area contributed by atoms with Crippen LogP contribution in [-0.4, -0.2) is 17.3 Å². The molecule has 0 spiro atoms. The maximum absolute atomic E-state index is 12.3. The number of allylic oxidation sites excluding steroid dienone is 2. The second-order valence-electron chi connectivity index (χ2n) is 6.20. The Hall–Kier alpha value is -1.25. The zero-order chi connectivity index (χ0) is 14.3. The molecule has 0 aromatic heterocycles. The Morgan fingerprint density at radius 1 is 1.00 bits per heavy atom.